The molecule has 2 heterocycles. The van der Waals surface area contributed by atoms with Crippen molar-refractivity contribution in [3.8, 4) is 10.7 Å². The summed E-state index contributed by atoms with van der Waals surface area (Å²) in [6.07, 6.45) is 2.43. The van der Waals surface area contributed by atoms with Gasteiger partial charge in [0.2, 0.25) is 0 Å². The number of nitrogens with zero attached hydrogens (tertiary/aromatic N) is 2. The van der Waals surface area contributed by atoms with Crippen LogP contribution in [0.3, 0.4) is 0 Å². The quantitative estimate of drug-likeness (QED) is 0.675. The standard InChI is InChI=1S/C11H11BrN4S/c12-7-3-4-17-10(7)11-14-8(6-1-2-6)5-9(15-11)16-13/h3-6H,1-2,13H2,(H,14,15,16). The predicted octanol–water partition coefficient (Wildman–Crippen LogP) is 3.13. The number of thiophene rings is 1. The summed E-state index contributed by atoms with van der Waals surface area (Å²) in [6.45, 7) is 0. The van der Waals surface area contributed by atoms with Crippen LogP contribution in [-0.4, -0.2) is 9.97 Å². The number of aromatic nitrogens is 2. The van der Waals surface area contributed by atoms with Crippen LogP contribution in [0.4, 0.5) is 5.82 Å². The van der Waals surface area contributed by atoms with Crippen molar-refractivity contribution in [3.63, 3.8) is 0 Å². The molecule has 3 rings (SSSR count). The SMILES string of the molecule is NNc1cc(C2CC2)nc(-c2sccc2Br)n1. The summed E-state index contributed by atoms with van der Waals surface area (Å²) in [4.78, 5) is 10.1. The molecular formula is C11H11BrN4S. The molecule has 1 aliphatic carbocycles. The summed E-state index contributed by atoms with van der Waals surface area (Å²) in [7, 11) is 0. The van der Waals surface area contributed by atoms with Gasteiger partial charge in [0.05, 0.1) is 4.88 Å². The highest BCUT2D eigenvalue weighted by atomic mass is 79.9. The first-order chi connectivity index (χ1) is 8.28. The Labute approximate surface area is 111 Å². The molecule has 1 saturated carbocycles. The van der Waals surface area contributed by atoms with E-state index in [1.165, 1.54) is 12.8 Å². The maximum absolute atomic E-state index is 5.45. The number of rotatable bonds is 3. The van der Waals surface area contributed by atoms with Crippen LogP contribution >= 0.6 is 27.3 Å². The molecule has 0 saturated heterocycles. The van der Waals surface area contributed by atoms with Crippen LogP contribution in [0.25, 0.3) is 10.7 Å². The van der Waals surface area contributed by atoms with Gasteiger partial charge < -0.3 is 5.43 Å². The van der Waals surface area contributed by atoms with Crippen molar-refractivity contribution in [2.75, 3.05) is 5.43 Å². The third kappa shape index (κ3) is 2.20. The lowest BCUT2D eigenvalue weighted by atomic mass is 10.2. The Morgan fingerprint density at radius 2 is 2.24 bits per heavy atom. The molecule has 6 heteroatoms. The largest absolute Gasteiger partial charge is 0.308 e. The minimum Gasteiger partial charge on any atom is -0.308 e. The van der Waals surface area contributed by atoms with E-state index in [-0.39, 0.29) is 0 Å². The van der Waals surface area contributed by atoms with E-state index >= 15 is 0 Å². The predicted molar refractivity (Wildman–Crippen MR) is 72.8 cm³/mol. The van der Waals surface area contributed by atoms with Gasteiger partial charge in [-0.05, 0) is 40.2 Å². The molecule has 3 N–H and O–H groups in total. The Kier molecular flexibility index (Phi) is 2.85. The molecule has 0 unspecified atom stereocenters. The fourth-order valence-electron chi connectivity index (χ4n) is 1.68. The highest BCUT2D eigenvalue weighted by Gasteiger charge is 2.26. The molecular weight excluding hydrogens is 300 g/mol. The Morgan fingerprint density at radius 3 is 2.82 bits per heavy atom. The van der Waals surface area contributed by atoms with Gasteiger partial charge >= 0.3 is 0 Å². The fraction of sp³-hybridized carbons (Fsp3) is 0.273. The zero-order valence-corrected chi connectivity index (χ0v) is 11.4. The minimum atomic E-state index is 0.586. The maximum Gasteiger partial charge on any atom is 0.173 e. The summed E-state index contributed by atoms with van der Waals surface area (Å²) in [5, 5.41) is 2.02. The lowest BCUT2D eigenvalue weighted by molar-refractivity contribution is 0.993. The number of hydrogen-bond acceptors (Lipinski definition) is 5. The highest BCUT2D eigenvalue weighted by molar-refractivity contribution is 9.10. The van der Waals surface area contributed by atoms with Gasteiger partial charge in [0, 0.05) is 22.2 Å². The molecule has 2 aromatic rings. The molecule has 0 aromatic carbocycles. The zero-order chi connectivity index (χ0) is 11.8. The summed E-state index contributed by atoms with van der Waals surface area (Å²) in [5.74, 6) is 7.45. The van der Waals surface area contributed by atoms with Crippen LogP contribution in [0, 0.1) is 0 Å². The number of halogens is 1. The fourth-order valence-corrected chi connectivity index (χ4v) is 3.17. The molecule has 0 atom stereocenters. The van der Waals surface area contributed by atoms with Crippen LogP contribution in [-0.2, 0) is 0 Å². The van der Waals surface area contributed by atoms with Gasteiger partial charge in [-0.2, -0.15) is 0 Å². The third-order valence-corrected chi connectivity index (χ3v) is 4.54. The van der Waals surface area contributed by atoms with E-state index in [0.717, 1.165) is 20.9 Å². The second kappa shape index (κ2) is 4.36. The lowest BCUT2D eigenvalue weighted by Crippen LogP contribution is -2.10. The number of anilines is 1. The Bertz CT molecular complexity index is 550. The molecule has 0 aliphatic heterocycles. The van der Waals surface area contributed by atoms with Gasteiger partial charge in [0.1, 0.15) is 5.82 Å². The average Bonchev–Trinajstić information content (AvgIpc) is 3.11. The first-order valence-electron chi connectivity index (χ1n) is 5.37. The van der Waals surface area contributed by atoms with Gasteiger partial charge in [0.15, 0.2) is 5.82 Å². The van der Waals surface area contributed by atoms with Crippen molar-refractivity contribution in [3.05, 3.63) is 27.7 Å². The highest BCUT2D eigenvalue weighted by Crippen LogP contribution is 2.41. The molecule has 0 radical (unpaired) electrons. The number of nitrogen functional groups attached to an aromatic ring is 1. The van der Waals surface area contributed by atoms with Crippen LogP contribution in [0.2, 0.25) is 0 Å². The summed E-state index contributed by atoms with van der Waals surface area (Å²) in [5.41, 5.74) is 3.70. The van der Waals surface area contributed by atoms with Crippen molar-refractivity contribution in [1.82, 2.24) is 9.97 Å². The van der Waals surface area contributed by atoms with Crippen LogP contribution in [0.15, 0.2) is 22.0 Å². The van der Waals surface area contributed by atoms with Crippen molar-refractivity contribution in [1.29, 1.82) is 0 Å². The average molecular weight is 311 g/mol. The number of hydrogen-bond donors (Lipinski definition) is 2. The molecule has 0 bridgehead atoms. The molecule has 0 amide bonds. The minimum absolute atomic E-state index is 0.586. The van der Waals surface area contributed by atoms with E-state index in [2.05, 4.69) is 31.3 Å². The van der Waals surface area contributed by atoms with Gasteiger partial charge in [-0.25, -0.2) is 15.8 Å². The first-order valence-corrected chi connectivity index (χ1v) is 7.04. The van der Waals surface area contributed by atoms with E-state index in [1.807, 2.05) is 17.5 Å². The molecule has 4 nitrogen and oxygen atoms in total. The molecule has 0 spiro atoms. The maximum atomic E-state index is 5.45. The summed E-state index contributed by atoms with van der Waals surface area (Å²) >= 11 is 5.13. The molecule has 88 valence electrons. The topological polar surface area (TPSA) is 63.8 Å². The van der Waals surface area contributed by atoms with E-state index in [0.29, 0.717) is 11.7 Å². The van der Waals surface area contributed by atoms with Gasteiger partial charge in [-0.15, -0.1) is 11.3 Å². The van der Waals surface area contributed by atoms with E-state index in [9.17, 15) is 0 Å². The molecule has 2 aromatic heterocycles. The van der Waals surface area contributed by atoms with Gasteiger partial charge in [-0.1, -0.05) is 0 Å². The van der Waals surface area contributed by atoms with Crippen molar-refractivity contribution >= 4 is 33.1 Å². The number of nitrogens with two attached hydrogens (primary N) is 1. The van der Waals surface area contributed by atoms with Crippen LogP contribution in [0.5, 0.6) is 0 Å². The Morgan fingerprint density at radius 1 is 1.41 bits per heavy atom. The second-order valence-electron chi connectivity index (χ2n) is 4.02. The Hall–Kier alpha value is -0.980. The van der Waals surface area contributed by atoms with Gasteiger partial charge in [-0.3, -0.25) is 0 Å². The van der Waals surface area contributed by atoms with E-state index in [1.54, 1.807) is 11.3 Å². The van der Waals surface area contributed by atoms with Crippen LogP contribution in [0.1, 0.15) is 24.5 Å². The van der Waals surface area contributed by atoms with Gasteiger partial charge in [0.25, 0.3) is 0 Å². The van der Waals surface area contributed by atoms with Crippen molar-refractivity contribution in [2.24, 2.45) is 5.84 Å². The normalized spacial score (nSPS) is 14.9. The van der Waals surface area contributed by atoms with E-state index in [4.69, 9.17) is 5.84 Å². The molecule has 1 aliphatic rings. The third-order valence-electron chi connectivity index (χ3n) is 2.71. The van der Waals surface area contributed by atoms with Crippen molar-refractivity contribution in [2.45, 2.75) is 18.8 Å². The first kappa shape index (κ1) is 11.1. The summed E-state index contributed by atoms with van der Waals surface area (Å²) < 4.78 is 1.03. The number of hydrazine groups is 1. The van der Waals surface area contributed by atoms with Crippen LogP contribution < -0.4 is 11.3 Å². The summed E-state index contributed by atoms with van der Waals surface area (Å²) in [6, 6.07) is 3.94. The monoisotopic (exact) mass is 310 g/mol. The lowest BCUT2D eigenvalue weighted by Gasteiger charge is -2.06. The van der Waals surface area contributed by atoms with Crippen molar-refractivity contribution < 1.29 is 0 Å². The Balaban J connectivity index is 2.09. The zero-order valence-electron chi connectivity index (χ0n) is 8.98. The second-order valence-corrected chi connectivity index (χ2v) is 5.79. The molecule has 17 heavy (non-hydrogen) atoms. The smallest absolute Gasteiger partial charge is 0.173 e. The van der Waals surface area contributed by atoms with E-state index < -0.39 is 0 Å². The number of nitrogens with one attached hydrogen (secondary N) is 1. The molecule has 1 fully saturated rings.